The predicted octanol–water partition coefficient (Wildman–Crippen LogP) is 2.71. The number of aliphatic hydroxyl groups excluding tert-OH is 1. The number of hydrogen-bond donors (Lipinski definition) is 2. The summed E-state index contributed by atoms with van der Waals surface area (Å²) in [7, 11) is 0. The molecule has 4 rings (SSSR count). The number of amides is 1. The van der Waals surface area contributed by atoms with Crippen LogP contribution in [0.15, 0.2) is 41.0 Å². The molecular weight excluding hydrogens is 404 g/mol. The van der Waals surface area contributed by atoms with Crippen LogP contribution in [0.4, 0.5) is 0 Å². The molecule has 1 aliphatic carbocycles. The van der Waals surface area contributed by atoms with Gasteiger partial charge in [-0.25, -0.2) is 4.98 Å². The molecule has 0 bridgehead atoms. The summed E-state index contributed by atoms with van der Waals surface area (Å²) in [6.45, 7) is 5.62. The lowest BCUT2D eigenvalue weighted by atomic mass is 9.89. The lowest BCUT2D eigenvalue weighted by molar-refractivity contribution is 0.0675. The number of rotatable bonds is 9. The van der Waals surface area contributed by atoms with E-state index in [0.29, 0.717) is 37.0 Å². The number of piperazine rings is 1. The summed E-state index contributed by atoms with van der Waals surface area (Å²) in [6.07, 6.45) is 8.08. The SMILES string of the molecule is O=C(NCC1CCCCC1)c1coc(CN2CCN(CC(O)Cc3ccccc3)CC2)n1. The molecule has 7 nitrogen and oxygen atoms in total. The van der Waals surface area contributed by atoms with Gasteiger partial charge in [-0.05, 0) is 30.7 Å². The Balaban J connectivity index is 1.16. The molecule has 1 saturated heterocycles. The maximum Gasteiger partial charge on any atom is 0.273 e. The van der Waals surface area contributed by atoms with Crippen molar-refractivity contribution in [2.75, 3.05) is 39.3 Å². The van der Waals surface area contributed by atoms with E-state index in [1.807, 2.05) is 18.2 Å². The topological polar surface area (TPSA) is 81.8 Å². The van der Waals surface area contributed by atoms with Gasteiger partial charge in [0.25, 0.3) is 5.91 Å². The number of carbonyl (C=O) groups excluding carboxylic acids is 1. The second-order valence-corrected chi connectivity index (χ2v) is 9.26. The van der Waals surface area contributed by atoms with Gasteiger partial charge < -0.3 is 14.8 Å². The molecule has 2 fully saturated rings. The Labute approximate surface area is 190 Å². The minimum Gasteiger partial charge on any atom is -0.447 e. The Hall–Kier alpha value is -2.22. The lowest BCUT2D eigenvalue weighted by Gasteiger charge is -2.35. The van der Waals surface area contributed by atoms with Crippen molar-refractivity contribution in [2.45, 2.75) is 51.2 Å². The van der Waals surface area contributed by atoms with Crippen LogP contribution in [0, 0.1) is 5.92 Å². The smallest absolute Gasteiger partial charge is 0.273 e. The van der Waals surface area contributed by atoms with Crippen molar-refractivity contribution in [3.63, 3.8) is 0 Å². The third-order valence-electron chi connectivity index (χ3n) is 6.67. The van der Waals surface area contributed by atoms with E-state index in [9.17, 15) is 9.90 Å². The van der Waals surface area contributed by atoms with Crippen LogP contribution in [0.5, 0.6) is 0 Å². The first-order valence-corrected chi connectivity index (χ1v) is 12.0. The van der Waals surface area contributed by atoms with Crippen LogP contribution in [-0.2, 0) is 13.0 Å². The fourth-order valence-corrected chi connectivity index (χ4v) is 4.78. The summed E-state index contributed by atoms with van der Waals surface area (Å²) in [5.41, 5.74) is 1.54. The summed E-state index contributed by atoms with van der Waals surface area (Å²) in [5, 5.41) is 13.4. The van der Waals surface area contributed by atoms with Gasteiger partial charge in [0.1, 0.15) is 6.26 Å². The number of nitrogens with one attached hydrogen (secondary N) is 1. The van der Waals surface area contributed by atoms with Crippen molar-refractivity contribution >= 4 is 5.91 Å². The molecule has 0 radical (unpaired) electrons. The first kappa shape index (κ1) is 23.0. The number of aliphatic hydroxyl groups is 1. The number of β-amino-alcohol motifs (C(OH)–C–C–N with tert-alkyl or cyclic N) is 1. The monoisotopic (exact) mass is 440 g/mol. The van der Waals surface area contributed by atoms with Crippen molar-refractivity contribution in [1.82, 2.24) is 20.1 Å². The van der Waals surface area contributed by atoms with E-state index in [0.717, 1.165) is 32.7 Å². The van der Waals surface area contributed by atoms with Gasteiger partial charge in [-0.1, -0.05) is 49.6 Å². The van der Waals surface area contributed by atoms with E-state index in [1.165, 1.54) is 43.9 Å². The highest BCUT2D eigenvalue weighted by Crippen LogP contribution is 2.22. The largest absolute Gasteiger partial charge is 0.447 e. The fourth-order valence-electron chi connectivity index (χ4n) is 4.78. The molecule has 174 valence electrons. The van der Waals surface area contributed by atoms with Gasteiger partial charge in [-0.15, -0.1) is 0 Å². The summed E-state index contributed by atoms with van der Waals surface area (Å²) in [4.78, 5) is 21.4. The highest BCUT2D eigenvalue weighted by Gasteiger charge is 2.22. The zero-order valence-electron chi connectivity index (χ0n) is 18.9. The second kappa shape index (κ2) is 11.6. The van der Waals surface area contributed by atoms with E-state index in [4.69, 9.17) is 4.42 Å². The number of benzene rings is 1. The molecule has 1 amide bonds. The van der Waals surface area contributed by atoms with Gasteiger partial charge in [0.15, 0.2) is 5.69 Å². The highest BCUT2D eigenvalue weighted by atomic mass is 16.3. The normalized spacial score (nSPS) is 19.7. The van der Waals surface area contributed by atoms with Crippen LogP contribution in [0.1, 0.15) is 54.0 Å². The zero-order valence-corrected chi connectivity index (χ0v) is 18.9. The summed E-state index contributed by atoms with van der Waals surface area (Å²) >= 11 is 0. The molecule has 1 aromatic heterocycles. The lowest BCUT2D eigenvalue weighted by Crippen LogP contribution is -2.48. The van der Waals surface area contributed by atoms with E-state index in [1.54, 1.807) is 0 Å². The Morgan fingerprint density at radius 2 is 1.81 bits per heavy atom. The minimum atomic E-state index is -0.356. The van der Waals surface area contributed by atoms with Gasteiger partial charge in [0, 0.05) is 39.3 Å². The Morgan fingerprint density at radius 3 is 2.56 bits per heavy atom. The molecule has 1 unspecified atom stereocenters. The molecule has 2 N–H and O–H groups in total. The Bertz CT molecular complexity index is 827. The van der Waals surface area contributed by atoms with E-state index >= 15 is 0 Å². The highest BCUT2D eigenvalue weighted by molar-refractivity contribution is 5.91. The average Bonchev–Trinajstić information content (AvgIpc) is 3.29. The van der Waals surface area contributed by atoms with Crippen LogP contribution in [0.2, 0.25) is 0 Å². The molecule has 2 heterocycles. The molecule has 0 spiro atoms. The molecule has 32 heavy (non-hydrogen) atoms. The molecular formula is C25H36N4O3. The predicted molar refractivity (Wildman–Crippen MR) is 123 cm³/mol. The van der Waals surface area contributed by atoms with Crippen molar-refractivity contribution < 1.29 is 14.3 Å². The number of aromatic nitrogens is 1. The fraction of sp³-hybridized carbons (Fsp3) is 0.600. The number of nitrogens with zero attached hydrogens (tertiary/aromatic N) is 3. The van der Waals surface area contributed by atoms with Gasteiger partial charge >= 0.3 is 0 Å². The van der Waals surface area contributed by atoms with Gasteiger partial charge in [0.05, 0.1) is 12.6 Å². The zero-order chi connectivity index (χ0) is 22.2. The summed E-state index contributed by atoms with van der Waals surface area (Å²) in [6, 6.07) is 10.1. The van der Waals surface area contributed by atoms with Crippen LogP contribution in [0.25, 0.3) is 0 Å². The molecule has 2 aliphatic rings. The van der Waals surface area contributed by atoms with Crippen LogP contribution in [0.3, 0.4) is 0 Å². The Kier molecular flexibility index (Phi) is 8.31. The maximum atomic E-state index is 12.4. The van der Waals surface area contributed by atoms with Crippen LogP contribution < -0.4 is 5.32 Å². The third kappa shape index (κ3) is 6.89. The summed E-state index contributed by atoms with van der Waals surface area (Å²) < 4.78 is 5.57. The van der Waals surface area contributed by atoms with Crippen LogP contribution in [-0.4, -0.2) is 71.2 Å². The van der Waals surface area contributed by atoms with E-state index < -0.39 is 0 Å². The number of carbonyl (C=O) groups is 1. The Morgan fingerprint density at radius 1 is 1.09 bits per heavy atom. The van der Waals surface area contributed by atoms with Gasteiger partial charge in [-0.2, -0.15) is 0 Å². The third-order valence-corrected chi connectivity index (χ3v) is 6.67. The maximum absolute atomic E-state index is 12.4. The molecule has 1 aliphatic heterocycles. The molecule has 1 aromatic carbocycles. The van der Waals surface area contributed by atoms with Crippen molar-refractivity contribution in [3.8, 4) is 0 Å². The number of oxazole rings is 1. The standard InChI is InChI=1S/C25H36N4O3/c30-22(15-20-7-3-1-4-8-20)17-28-11-13-29(14-12-28)18-24-27-23(19-32-24)25(31)26-16-21-9-5-2-6-10-21/h1,3-4,7-8,19,21-22,30H,2,5-6,9-18H2,(H,26,31). The number of hydrogen-bond acceptors (Lipinski definition) is 6. The quantitative estimate of drug-likeness (QED) is 0.624. The molecule has 1 saturated carbocycles. The van der Waals surface area contributed by atoms with E-state index in [-0.39, 0.29) is 12.0 Å². The van der Waals surface area contributed by atoms with Crippen molar-refractivity contribution in [1.29, 1.82) is 0 Å². The van der Waals surface area contributed by atoms with Crippen LogP contribution >= 0.6 is 0 Å². The molecule has 1 atom stereocenters. The molecule has 7 heteroatoms. The minimum absolute atomic E-state index is 0.136. The second-order valence-electron chi connectivity index (χ2n) is 9.26. The average molecular weight is 441 g/mol. The van der Waals surface area contributed by atoms with Crippen molar-refractivity contribution in [3.05, 3.63) is 53.7 Å². The van der Waals surface area contributed by atoms with Crippen molar-refractivity contribution in [2.24, 2.45) is 5.92 Å². The van der Waals surface area contributed by atoms with Gasteiger partial charge in [-0.3, -0.25) is 14.6 Å². The van der Waals surface area contributed by atoms with E-state index in [2.05, 4.69) is 32.2 Å². The van der Waals surface area contributed by atoms with Gasteiger partial charge in [0.2, 0.25) is 5.89 Å². The first-order valence-electron chi connectivity index (χ1n) is 12.0. The summed E-state index contributed by atoms with van der Waals surface area (Å²) in [5.74, 6) is 1.05. The first-order chi connectivity index (χ1) is 15.7. The molecule has 2 aromatic rings.